The first-order chi connectivity index (χ1) is 6.15. The van der Waals surface area contributed by atoms with E-state index in [0.717, 1.165) is 5.33 Å². The molecule has 1 rings (SSSR count). The molecular weight excluding hydrogens is 234 g/mol. The predicted molar refractivity (Wildman–Crippen MR) is 54.0 cm³/mol. The molecule has 0 radical (unpaired) electrons. The highest BCUT2D eigenvalue weighted by atomic mass is 79.9. The largest absolute Gasteiger partial charge is 0.339 e. The normalized spacial score (nSPS) is 10.1. The van der Waals surface area contributed by atoms with Gasteiger partial charge in [0.05, 0.1) is 0 Å². The molecule has 0 atom stereocenters. The van der Waals surface area contributed by atoms with Crippen molar-refractivity contribution in [3.63, 3.8) is 0 Å². The van der Waals surface area contributed by atoms with Gasteiger partial charge in [0, 0.05) is 32.2 Å². The fraction of sp³-hybridized carbons (Fsp3) is 0.500. The molecule has 4 nitrogen and oxygen atoms in total. The van der Waals surface area contributed by atoms with E-state index in [2.05, 4.69) is 21.0 Å². The first kappa shape index (κ1) is 10.2. The van der Waals surface area contributed by atoms with E-state index in [9.17, 15) is 4.79 Å². The number of aryl methyl sites for hydroxylation is 1. The van der Waals surface area contributed by atoms with Crippen LogP contribution in [0.15, 0.2) is 12.3 Å². The summed E-state index contributed by atoms with van der Waals surface area (Å²) in [5.41, 5.74) is 0.492. The average Bonchev–Trinajstić information content (AvgIpc) is 2.51. The smallest absolute Gasteiger partial charge is 0.274 e. The van der Waals surface area contributed by atoms with Gasteiger partial charge in [-0.1, -0.05) is 15.9 Å². The van der Waals surface area contributed by atoms with Crippen molar-refractivity contribution in [3.05, 3.63) is 18.0 Å². The number of rotatable bonds is 3. The molecule has 0 N–H and O–H groups in total. The maximum atomic E-state index is 11.6. The van der Waals surface area contributed by atoms with Gasteiger partial charge in [-0.05, 0) is 6.07 Å². The molecule has 0 aliphatic rings. The molecule has 13 heavy (non-hydrogen) atoms. The number of hydrogen-bond donors (Lipinski definition) is 0. The van der Waals surface area contributed by atoms with Crippen molar-refractivity contribution in [1.82, 2.24) is 14.7 Å². The molecular formula is C8H12BrN3O. The zero-order valence-corrected chi connectivity index (χ0v) is 9.28. The second-order valence-corrected chi connectivity index (χ2v) is 3.58. The van der Waals surface area contributed by atoms with E-state index >= 15 is 0 Å². The molecule has 0 spiro atoms. The molecule has 1 aromatic rings. The monoisotopic (exact) mass is 245 g/mol. The minimum absolute atomic E-state index is 0.0416. The standard InChI is InChI=1S/C8H12BrN3O/c1-11(6-4-9)8(13)7-3-5-12(2)10-7/h3,5H,4,6H2,1-2H3. The van der Waals surface area contributed by atoms with Crippen LogP contribution in [0.4, 0.5) is 0 Å². The van der Waals surface area contributed by atoms with Gasteiger partial charge in [0.1, 0.15) is 5.69 Å². The molecule has 0 aliphatic carbocycles. The van der Waals surface area contributed by atoms with E-state index in [4.69, 9.17) is 0 Å². The highest BCUT2D eigenvalue weighted by Crippen LogP contribution is 1.99. The lowest BCUT2D eigenvalue weighted by molar-refractivity contribution is 0.0797. The Morgan fingerprint density at radius 1 is 1.77 bits per heavy atom. The summed E-state index contributed by atoms with van der Waals surface area (Å²) in [6, 6.07) is 1.72. The summed E-state index contributed by atoms with van der Waals surface area (Å²) in [6.45, 7) is 0.690. The Morgan fingerprint density at radius 2 is 2.46 bits per heavy atom. The van der Waals surface area contributed by atoms with E-state index in [1.54, 1.807) is 35.9 Å². The molecule has 1 aromatic heterocycles. The van der Waals surface area contributed by atoms with Gasteiger partial charge in [0.2, 0.25) is 0 Å². The third kappa shape index (κ3) is 2.55. The van der Waals surface area contributed by atoms with Gasteiger partial charge < -0.3 is 4.90 Å². The predicted octanol–water partition coefficient (Wildman–Crippen LogP) is 0.887. The summed E-state index contributed by atoms with van der Waals surface area (Å²) in [6.07, 6.45) is 1.76. The number of amides is 1. The van der Waals surface area contributed by atoms with Crippen LogP contribution in [0.1, 0.15) is 10.5 Å². The lowest BCUT2D eigenvalue weighted by Crippen LogP contribution is -2.28. The van der Waals surface area contributed by atoms with Gasteiger partial charge in [-0.2, -0.15) is 5.10 Å². The topological polar surface area (TPSA) is 38.1 Å². The summed E-state index contributed by atoms with van der Waals surface area (Å²) < 4.78 is 1.62. The Balaban J connectivity index is 2.67. The number of carbonyl (C=O) groups excluding carboxylic acids is 1. The van der Waals surface area contributed by atoms with E-state index in [1.807, 2.05) is 0 Å². The van der Waals surface area contributed by atoms with Gasteiger partial charge in [0.15, 0.2) is 0 Å². The first-order valence-electron chi connectivity index (χ1n) is 3.96. The zero-order valence-electron chi connectivity index (χ0n) is 7.70. The van der Waals surface area contributed by atoms with Crippen molar-refractivity contribution in [3.8, 4) is 0 Å². The number of halogens is 1. The van der Waals surface area contributed by atoms with Crippen LogP contribution in [0.25, 0.3) is 0 Å². The first-order valence-corrected chi connectivity index (χ1v) is 5.08. The van der Waals surface area contributed by atoms with Crippen LogP contribution in [0.3, 0.4) is 0 Å². The molecule has 5 heteroatoms. The molecule has 0 aliphatic heterocycles. The van der Waals surface area contributed by atoms with Crippen LogP contribution in [0.5, 0.6) is 0 Å². The van der Waals surface area contributed by atoms with Crippen LogP contribution in [-0.2, 0) is 7.05 Å². The van der Waals surface area contributed by atoms with E-state index in [-0.39, 0.29) is 5.91 Å². The lowest BCUT2D eigenvalue weighted by Gasteiger charge is -2.13. The molecule has 0 unspecified atom stereocenters. The van der Waals surface area contributed by atoms with Crippen molar-refractivity contribution in [2.45, 2.75) is 0 Å². The highest BCUT2D eigenvalue weighted by molar-refractivity contribution is 9.09. The highest BCUT2D eigenvalue weighted by Gasteiger charge is 2.12. The SMILES string of the molecule is CN(CCBr)C(=O)c1ccn(C)n1. The summed E-state index contributed by atoms with van der Waals surface area (Å²) >= 11 is 3.28. The Morgan fingerprint density at radius 3 is 2.92 bits per heavy atom. The molecule has 1 amide bonds. The van der Waals surface area contributed by atoms with Crippen LogP contribution in [-0.4, -0.2) is 39.5 Å². The fourth-order valence-corrected chi connectivity index (χ4v) is 1.48. The number of alkyl halides is 1. The third-order valence-corrected chi connectivity index (χ3v) is 2.05. The van der Waals surface area contributed by atoms with E-state index in [1.165, 1.54) is 0 Å². The van der Waals surface area contributed by atoms with Gasteiger partial charge in [0.25, 0.3) is 5.91 Å². The van der Waals surface area contributed by atoms with Crippen LogP contribution < -0.4 is 0 Å². The minimum atomic E-state index is -0.0416. The van der Waals surface area contributed by atoms with Gasteiger partial charge in [-0.25, -0.2) is 0 Å². The Labute approximate surface area is 85.7 Å². The third-order valence-electron chi connectivity index (χ3n) is 1.70. The van der Waals surface area contributed by atoms with Crippen molar-refractivity contribution in [2.75, 3.05) is 18.9 Å². The Kier molecular flexibility index (Phi) is 3.48. The summed E-state index contributed by atoms with van der Waals surface area (Å²) in [5, 5.41) is 4.80. The molecule has 0 bridgehead atoms. The Hall–Kier alpha value is -0.840. The van der Waals surface area contributed by atoms with Crippen molar-refractivity contribution >= 4 is 21.8 Å². The van der Waals surface area contributed by atoms with E-state index in [0.29, 0.717) is 12.2 Å². The molecule has 0 aromatic carbocycles. The van der Waals surface area contributed by atoms with Crippen LogP contribution in [0.2, 0.25) is 0 Å². The molecule has 72 valence electrons. The van der Waals surface area contributed by atoms with Crippen molar-refractivity contribution < 1.29 is 4.79 Å². The van der Waals surface area contributed by atoms with Crippen molar-refractivity contribution in [1.29, 1.82) is 0 Å². The van der Waals surface area contributed by atoms with Crippen LogP contribution in [0, 0.1) is 0 Å². The van der Waals surface area contributed by atoms with Gasteiger partial charge in [-0.3, -0.25) is 9.48 Å². The lowest BCUT2D eigenvalue weighted by atomic mass is 10.4. The molecule has 1 heterocycles. The second kappa shape index (κ2) is 4.41. The molecule has 0 saturated heterocycles. The summed E-state index contributed by atoms with van der Waals surface area (Å²) in [5.74, 6) is -0.0416. The van der Waals surface area contributed by atoms with Crippen molar-refractivity contribution in [2.24, 2.45) is 7.05 Å². The number of nitrogens with zero attached hydrogens (tertiary/aromatic N) is 3. The summed E-state index contributed by atoms with van der Waals surface area (Å²) in [7, 11) is 3.56. The van der Waals surface area contributed by atoms with Gasteiger partial charge in [-0.15, -0.1) is 0 Å². The molecule has 0 fully saturated rings. The maximum Gasteiger partial charge on any atom is 0.274 e. The number of carbonyl (C=O) groups is 1. The maximum absolute atomic E-state index is 11.6. The average molecular weight is 246 g/mol. The quantitative estimate of drug-likeness (QED) is 0.743. The Bertz CT molecular complexity index is 297. The second-order valence-electron chi connectivity index (χ2n) is 2.79. The van der Waals surface area contributed by atoms with Crippen LogP contribution >= 0.6 is 15.9 Å². The number of hydrogen-bond acceptors (Lipinski definition) is 2. The summed E-state index contributed by atoms with van der Waals surface area (Å²) in [4.78, 5) is 13.2. The molecule has 0 saturated carbocycles. The van der Waals surface area contributed by atoms with Gasteiger partial charge >= 0.3 is 0 Å². The van der Waals surface area contributed by atoms with E-state index < -0.39 is 0 Å². The zero-order chi connectivity index (χ0) is 9.84. The fourth-order valence-electron chi connectivity index (χ4n) is 0.953. The minimum Gasteiger partial charge on any atom is -0.339 e. The number of aromatic nitrogens is 2.